The molecule has 0 N–H and O–H groups in total. The van der Waals surface area contributed by atoms with E-state index in [1.54, 1.807) is 7.11 Å². The highest BCUT2D eigenvalue weighted by atomic mass is 16.7. The Kier molecular flexibility index (Phi) is 2.17. The van der Waals surface area contributed by atoms with Gasteiger partial charge < -0.3 is 9.47 Å². The van der Waals surface area contributed by atoms with Gasteiger partial charge in [0.2, 0.25) is 0 Å². The fourth-order valence-electron chi connectivity index (χ4n) is 1.31. The number of rotatable bonds is 1. The Labute approximate surface area is 77.0 Å². The van der Waals surface area contributed by atoms with Crippen LogP contribution in [0, 0.1) is 0 Å². The third kappa shape index (κ3) is 1.64. The molecule has 2 rings (SSSR count). The van der Waals surface area contributed by atoms with Gasteiger partial charge >= 0.3 is 6.08 Å². The molecule has 0 aromatic heterocycles. The van der Waals surface area contributed by atoms with Crippen LogP contribution in [0.4, 0.5) is 0 Å². The summed E-state index contributed by atoms with van der Waals surface area (Å²) in [6, 6.07) is 10.1. The highest BCUT2D eigenvalue weighted by molar-refractivity contribution is 5.68. The average molecular weight is 177 g/mol. The molecule has 1 aliphatic heterocycles. The highest BCUT2D eigenvalue weighted by Gasteiger charge is 2.20. The number of aliphatic imine (C=N–C) groups is 1. The molecule has 1 aromatic carbocycles. The zero-order valence-corrected chi connectivity index (χ0v) is 7.43. The van der Waals surface area contributed by atoms with Gasteiger partial charge in [0.15, 0.2) is 0 Å². The molecular weight excluding hydrogens is 166 g/mol. The van der Waals surface area contributed by atoms with Gasteiger partial charge in [0, 0.05) is 0 Å². The van der Waals surface area contributed by atoms with Crippen LogP contribution in [-0.4, -0.2) is 19.8 Å². The van der Waals surface area contributed by atoms with Crippen molar-refractivity contribution in [1.29, 1.82) is 0 Å². The number of ether oxygens (including phenoxy) is 2. The predicted octanol–water partition coefficient (Wildman–Crippen LogP) is 1.76. The van der Waals surface area contributed by atoms with Crippen LogP contribution in [0.25, 0.3) is 0 Å². The summed E-state index contributed by atoms with van der Waals surface area (Å²) in [4.78, 5) is 4.25. The van der Waals surface area contributed by atoms with Crippen molar-refractivity contribution in [3.63, 3.8) is 0 Å². The van der Waals surface area contributed by atoms with E-state index in [0.717, 1.165) is 5.56 Å². The predicted molar refractivity (Wildman–Crippen MR) is 49.6 cm³/mol. The van der Waals surface area contributed by atoms with Gasteiger partial charge in [-0.2, -0.15) is 0 Å². The minimum absolute atomic E-state index is 0.0937. The molecule has 0 saturated carbocycles. The Bertz CT molecular complexity index is 308. The van der Waals surface area contributed by atoms with E-state index in [2.05, 4.69) is 4.99 Å². The molecule has 1 heterocycles. The molecule has 13 heavy (non-hydrogen) atoms. The van der Waals surface area contributed by atoms with E-state index in [1.807, 2.05) is 30.3 Å². The Morgan fingerprint density at radius 2 is 2.15 bits per heavy atom. The lowest BCUT2D eigenvalue weighted by atomic mass is 10.1. The van der Waals surface area contributed by atoms with Crippen LogP contribution in [0.3, 0.4) is 0 Å². The molecule has 1 aromatic rings. The van der Waals surface area contributed by atoms with Gasteiger partial charge in [0.1, 0.15) is 12.6 Å². The number of nitrogens with zero attached hydrogens (tertiary/aromatic N) is 1. The quantitative estimate of drug-likeness (QED) is 0.654. The Balaban J connectivity index is 2.16. The number of hydrogen-bond acceptors (Lipinski definition) is 3. The Hall–Kier alpha value is -1.51. The molecule has 0 bridgehead atoms. The molecule has 0 aliphatic carbocycles. The summed E-state index contributed by atoms with van der Waals surface area (Å²) in [6.07, 6.45) is 0.383. The second kappa shape index (κ2) is 3.47. The lowest BCUT2D eigenvalue weighted by Crippen LogP contribution is -2.00. The van der Waals surface area contributed by atoms with E-state index >= 15 is 0 Å². The topological polar surface area (TPSA) is 30.8 Å². The van der Waals surface area contributed by atoms with Gasteiger partial charge in [-0.15, -0.1) is 0 Å². The van der Waals surface area contributed by atoms with E-state index in [4.69, 9.17) is 9.47 Å². The summed E-state index contributed by atoms with van der Waals surface area (Å²) in [5.41, 5.74) is 1.16. The molecule has 0 saturated heterocycles. The molecule has 1 aliphatic rings. The van der Waals surface area contributed by atoms with E-state index in [-0.39, 0.29) is 6.04 Å². The van der Waals surface area contributed by atoms with Crippen LogP contribution in [0.2, 0.25) is 0 Å². The minimum atomic E-state index is 0.0937. The van der Waals surface area contributed by atoms with E-state index < -0.39 is 0 Å². The van der Waals surface area contributed by atoms with Crippen LogP contribution in [-0.2, 0) is 9.47 Å². The summed E-state index contributed by atoms with van der Waals surface area (Å²) in [5, 5.41) is 0. The maximum absolute atomic E-state index is 5.20. The number of benzene rings is 1. The zero-order valence-electron chi connectivity index (χ0n) is 7.43. The third-order valence-electron chi connectivity index (χ3n) is 1.98. The van der Waals surface area contributed by atoms with Crippen molar-refractivity contribution in [2.45, 2.75) is 6.04 Å². The van der Waals surface area contributed by atoms with E-state index in [1.165, 1.54) is 0 Å². The summed E-state index contributed by atoms with van der Waals surface area (Å²) in [6.45, 7) is 0.577. The van der Waals surface area contributed by atoms with Crippen LogP contribution in [0.15, 0.2) is 35.3 Å². The molecule has 3 heteroatoms. The fourth-order valence-corrected chi connectivity index (χ4v) is 1.31. The molecule has 0 spiro atoms. The molecule has 1 atom stereocenters. The molecule has 0 unspecified atom stereocenters. The molecule has 0 fully saturated rings. The Morgan fingerprint density at radius 3 is 2.77 bits per heavy atom. The maximum Gasteiger partial charge on any atom is 0.384 e. The van der Waals surface area contributed by atoms with Crippen molar-refractivity contribution in [1.82, 2.24) is 0 Å². The van der Waals surface area contributed by atoms with Gasteiger partial charge in [0.05, 0.1) is 7.11 Å². The number of hydrogen-bond donors (Lipinski definition) is 0. The van der Waals surface area contributed by atoms with Crippen molar-refractivity contribution < 1.29 is 9.47 Å². The molecule has 0 amide bonds. The maximum atomic E-state index is 5.20. The third-order valence-corrected chi connectivity index (χ3v) is 1.98. The fraction of sp³-hybridized carbons (Fsp3) is 0.300. The zero-order chi connectivity index (χ0) is 9.10. The number of methoxy groups -OCH3 is 1. The monoisotopic (exact) mass is 177 g/mol. The normalized spacial score (nSPS) is 20.7. The standard InChI is InChI=1S/C10H11NO2/c1-12-10-11-9(7-13-10)8-5-3-2-4-6-8/h2-6,9H,7H2,1H3/t9-/m0/s1. The van der Waals surface area contributed by atoms with Crippen molar-refractivity contribution in [3.8, 4) is 0 Å². The minimum Gasteiger partial charge on any atom is -0.454 e. The molecule has 68 valence electrons. The van der Waals surface area contributed by atoms with E-state index in [0.29, 0.717) is 12.7 Å². The van der Waals surface area contributed by atoms with Crippen LogP contribution < -0.4 is 0 Å². The van der Waals surface area contributed by atoms with Crippen molar-refractivity contribution >= 4 is 6.08 Å². The second-order valence-electron chi connectivity index (χ2n) is 2.84. The molecule has 0 radical (unpaired) electrons. The first-order valence-electron chi connectivity index (χ1n) is 4.19. The van der Waals surface area contributed by atoms with Crippen molar-refractivity contribution in [2.24, 2.45) is 4.99 Å². The van der Waals surface area contributed by atoms with Gasteiger partial charge in [0.25, 0.3) is 0 Å². The summed E-state index contributed by atoms with van der Waals surface area (Å²) in [5.74, 6) is 0. The van der Waals surface area contributed by atoms with E-state index in [9.17, 15) is 0 Å². The van der Waals surface area contributed by atoms with Crippen molar-refractivity contribution in [3.05, 3.63) is 35.9 Å². The first kappa shape index (κ1) is 8.10. The van der Waals surface area contributed by atoms with Crippen molar-refractivity contribution in [2.75, 3.05) is 13.7 Å². The van der Waals surface area contributed by atoms with Gasteiger partial charge in [-0.25, -0.2) is 4.99 Å². The van der Waals surface area contributed by atoms with Gasteiger partial charge in [-0.05, 0) is 5.56 Å². The van der Waals surface area contributed by atoms with Gasteiger partial charge in [-0.1, -0.05) is 30.3 Å². The Morgan fingerprint density at radius 1 is 1.38 bits per heavy atom. The van der Waals surface area contributed by atoms with Crippen LogP contribution in [0.1, 0.15) is 11.6 Å². The molecule has 3 nitrogen and oxygen atoms in total. The lowest BCUT2D eigenvalue weighted by molar-refractivity contribution is 0.220. The summed E-state index contributed by atoms with van der Waals surface area (Å²) in [7, 11) is 1.56. The van der Waals surface area contributed by atoms with Gasteiger partial charge in [-0.3, -0.25) is 0 Å². The lowest BCUT2D eigenvalue weighted by Gasteiger charge is -2.02. The average Bonchev–Trinajstić information content (AvgIpc) is 2.67. The summed E-state index contributed by atoms with van der Waals surface area (Å²) < 4.78 is 10.1. The van der Waals surface area contributed by atoms with Crippen LogP contribution >= 0.6 is 0 Å². The summed E-state index contributed by atoms with van der Waals surface area (Å²) >= 11 is 0. The van der Waals surface area contributed by atoms with Crippen LogP contribution in [0.5, 0.6) is 0 Å². The first-order chi connectivity index (χ1) is 6.40. The smallest absolute Gasteiger partial charge is 0.384 e. The second-order valence-corrected chi connectivity index (χ2v) is 2.84. The first-order valence-corrected chi connectivity index (χ1v) is 4.19. The SMILES string of the molecule is COC1=N[C@H](c2ccccc2)CO1. The molecular formula is C10H11NO2. The highest BCUT2D eigenvalue weighted by Crippen LogP contribution is 2.22. The largest absolute Gasteiger partial charge is 0.454 e.